The minimum atomic E-state index is -1.01. The second-order valence-corrected chi connectivity index (χ2v) is 8.70. The van der Waals surface area contributed by atoms with Gasteiger partial charge in [0.05, 0.1) is 17.0 Å². The van der Waals surface area contributed by atoms with Crippen molar-refractivity contribution < 1.29 is 28.6 Å². The second kappa shape index (κ2) is 10.1. The number of ether oxygens (including phenoxy) is 1. The van der Waals surface area contributed by atoms with E-state index in [9.17, 15) is 18.8 Å². The number of carboxylic acids is 1. The van der Waals surface area contributed by atoms with Gasteiger partial charge in [-0.05, 0) is 53.7 Å². The number of halogens is 2. The monoisotopic (exact) mass is 497 g/mol. The molecular weight excluding hydrogens is 481 g/mol. The van der Waals surface area contributed by atoms with Crippen LogP contribution in [0, 0.1) is 5.82 Å². The molecule has 0 saturated carbocycles. The van der Waals surface area contributed by atoms with Gasteiger partial charge in [0, 0.05) is 16.1 Å². The minimum Gasteiger partial charge on any atom is -0.488 e. The Bertz CT molecular complexity index is 1290. The third-order valence-electron chi connectivity index (χ3n) is 5.05. The fourth-order valence-corrected chi connectivity index (χ4v) is 4.31. The Morgan fingerprint density at radius 3 is 2.50 bits per heavy atom. The molecule has 1 aliphatic heterocycles. The highest BCUT2D eigenvalue weighted by Crippen LogP contribution is 2.36. The summed E-state index contributed by atoms with van der Waals surface area (Å²) in [7, 11) is 0. The van der Waals surface area contributed by atoms with Gasteiger partial charge in [-0.15, -0.1) is 0 Å². The first kappa shape index (κ1) is 23.5. The highest BCUT2D eigenvalue weighted by atomic mass is 35.5. The van der Waals surface area contributed by atoms with E-state index >= 15 is 0 Å². The topological polar surface area (TPSA) is 83.9 Å². The summed E-state index contributed by atoms with van der Waals surface area (Å²) in [5, 5.41) is 8.62. The number of carbonyl (C=O) groups is 3. The number of nitrogens with zero attached hydrogens (tertiary/aromatic N) is 1. The van der Waals surface area contributed by atoms with Crippen LogP contribution in [0.3, 0.4) is 0 Å². The van der Waals surface area contributed by atoms with Crippen LogP contribution in [0.4, 0.5) is 9.18 Å². The number of benzene rings is 3. The van der Waals surface area contributed by atoms with Crippen molar-refractivity contribution in [2.75, 3.05) is 0 Å². The lowest BCUT2D eigenvalue weighted by Crippen LogP contribution is -2.28. The Morgan fingerprint density at radius 2 is 1.79 bits per heavy atom. The van der Waals surface area contributed by atoms with E-state index in [1.807, 2.05) is 0 Å². The van der Waals surface area contributed by atoms with Gasteiger partial charge in [0.15, 0.2) is 0 Å². The second-order valence-electron chi connectivity index (χ2n) is 7.30. The summed E-state index contributed by atoms with van der Waals surface area (Å²) >= 11 is 6.80. The summed E-state index contributed by atoms with van der Waals surface area (Å²) in [5.74, 6) is -1.67. The molecule has 0 atom stereocenters. The average Bonchev–Trinajstić information content (AvgIpc) is 3.08. The SMILES string of the molecule is O=C(O)c1ccc(COc2ccccc2/C=C2\SC(=O)N(Cc3c(F)cccc3Cl)C2=O)cc1. The molecule has 6 nitrogen and oxygen atoms in total. The standard InChI is InChI=1S/C25H17ClFNO5S/c26-19-5-3-6-20(27)18(19)13-28-23(29)22(34-25(28)32)12-17-4-1-2-7-21(17)33-14-15-8-10-16(11-9-15)24(30)31/h1-12H,13-14H2,(H,30,31)/b22-12-. The van der Waals surface area contributed by atoms with Crippen LogP contribution in [0.15, 0.2) is 71.6 Å². The van der Waals surface area contributed by atoms with Gasteiger partial charge in [-0.25, -0.2) is 9.18 Å². The van der Waals surface area contributed by atoms with Crippen molar-refractivity contribution in [2.24, 2.45) is 0 Å². The van der Waals surface area contributed by atoms with E-state index in [-0.39, 0.29) is 34.2 Å². The third kappa shape index (κ3) is 5.13. The Kier molecular flexibility index (Phi) is 7.00. The Morgan fingerprint density at radius 1 is 1.06 bits per heavy atom. The predicted octanol–water partition coefficient (Wildman–Crippen LogP) is 5.99. The van der Waals surface area contributed by atoms with Crippen LogP contribution < -0.4 is 4.74 Å². The number of hydrogen-bond donors (Lipinski definition) is 1. The molecule has 1 aliphatic rings. The molecule has 1 N–H and O–H groups in total. The number of carboxylic acid groups (broad SMARTS) is 1. The molecule has 2 amide bonds. The van der Waals surface area contributed by atoms with Crippen LogP contribution in [-0.4, -0.2) is 27.1 Å². The molecule has 0 aliphatic carbocycles. The van der Waals surface area contributed by atoms with Gasteiger partial charge in [0.25, 0.3) is 11.1 Å². The summed E-state index contributed by atoms with van der Waals surface area (Å²) in [6.07, 6.45) is 1.55. The molecule has 1 heterocycles. The summed E-state index contributed by atoms with van der Waals surface area (Å²) in [6, 6.07) is 17.5. The smallest absolute Gasteiger partial charge is 0.335 e. The molecule has 3 aromatic rings. The molecule has 9 heteroatoms. The van der Waals surface area contributed by atoms with Crippen molar-refractivity contribution in [1.29, 1.82) is 0 Å². The van der Waals surface area contributed by atoms with E-state index in [1.54, 1.807) is 42.5 Å². The lowest BCUT2D eigenvalue weighted by molar-refractivity contribution is -0.123. The summed E-state index contributed by atoms with van der Waals surface area (Å²) < 4.78 is 20.0. The molecule has 34 heavy (non-hydrogen) atoms. The van der Waals surface area contributed by atoms with Crippen molar-refractivity contribution in [2.45, 2.75) is 13.2 Å². The number of carbonyl (C=O) groups excluding carboxylic acids is 2. The van der Waals surface area contributed by atoms with Gasteiger partial charge in [-0.2, -0.15) is 0 Å². The van der Waals surface area contributed by atoms with E-state index < -0.39 is 22.9 Å². The van der Waals surface area contributed by atoms with Crippen LogP contribution in [0.1, 0.15) is 27.0 Å². The fraction of sp³-hybridized carbons (Fsp3) is 0.0800. The molecule has 3 aromatic carbocycles. The maximum atomic E-state index is 14.1. The van der Waals surface area contributed by atoms with Gasteiger partial charge in [0.2, 0.25) is 0 Å². The highest BCUT2D eigenvalue weighted by Gasteiger charge is 2.36. The lowest BCUT2D eigenvalue weighted by Gasteiger charge is -2.14. The normalized spacial score (nSPS) is 14.6. The third-order valence-corrected chi connectivity index (χ3v) is 6.31. The molecule has 4 rings (SSSR count). The number of imide groups is 1. The first-order chi connectivity index (χ1) is 16.3. The molecule has 0 bridgehead atoms. The number of hydrogen-bond acceptors (Lipinski definition) is 5. The Labute approximate surface area is 203 Å². The van der Waals surface area contributed by atoms with Gasteiger partial charge < -0.3 is 9.84 Å². The van der Waals surface area contributed by atoms with Crippen molar-refractivity contribution in [3.05, 3.63) is 105 Å². The van der Waals surface area contributed by atoms with Gasteiger partial charge in [-0.1, -0.05) is 48.0 Å². The molecule has 0 unspecified atom stereocenters. The van der Waals surface area contributed by atoms with Crippen LogP contribution in [0.5, 0.6) is 5.75 Å². The first-order valence-corrected chi connectivity index (χ1v) is 11.3. The molecule has 1 saturated heterocycles. The first-order valence-electron chi connectivity index (χ1n) is 10.1. The number of aromatic carboxylic acids is 1. The average molecular weight is 498 g/mol. The minimum absolute atomic E-state index is 0.0744. The van der Waals surface area contributed by atoms with Crippen molar-refractivity contribution in [1.82, 2.24) is 4.90 Å². The van der Waals surface area contributed by atoms with E-state index in [1.165, 1.54) is 30.3 Å². The van der Waals surface area contributed by atoms with Gasteiger partial charge in [-0.3, -0.25) is 14.5 Å². The van der Waals surface area contributed by atoms with Crippen LogP contribution in [0.25, 0.3) is 6.08 Å². The van der Waals surface area contributed by atoms with Crippen molar-refractivity contribution in [3.63, 3.8) is 0 Å². The van der Waals surface area contributed by atoms with Crippen molar-refractivity contribution in [3.8, 4) is 5.75 Å². The van der Waals surface area contributed by atoms with E-state index in [0.29, 0.717) is 11.3 Å². The largest absolute Gasteiger partial charge is 0.488 e. The maximum absolute atomic E-state index is 14.1. The zero-order chi connectivity index (χ0) is 24.2. The van der Waals surface area contributed by atoms with Crippen LogP contribution in [0.2, 0.25) is 5.02 Å². The van der Waals surface area contributed by atoms with Crippen LogP contribution in [-0.2, 0) is 17.9 Å². The quantitative estimate of drug-likeness (QED) is 0.403. The molecule has 0 radical (unpaired) electrons. The molecular formula is C25H17ClFNO5S. The molecule has 1 fully saturated rings. The predicted molar refractivity (Wildman–Crippen MR) is 127 cm³/mol. The Hall–Kier alpha value is -3.62. The van der Waals surface area contributed by atoms with E-state index in [2.05, 4.69) is 0 Å². The number of rotatable bonds is 7. The number of thioether (sulfide) groups is 1. The maximum Gasteiger partial charge on any atom is 0.335 e. The Balaban J connectivity index is 1.51. The van der Waals surface area contributed by atoms with E-state index in [0.717, 1.165) is 22.2 Å². The van der Waals surface area contributed by atoms with Crippen LogP contribution >= 0.6 is 23.4 Å². The fourth-order valence-electron chi connectivity index (χ4n) is 3.25. The molecule has 0 spiro atoms. The van der Waals surface area contributed by atoms with Crippen molar-refractivity contribution >= 4 is 46.6 Å². The summed E-state index contributed by atoms with van der Waals surface area (Å²) in [6.45, 7) is -0.0873. The molecule has 172 valence electrons. The van der Waals surface area contributed by atoms with Gasteiger partial charge in [0.1, 0.15) is 18.2 Å². The van der Waals surface area contributed by atoms with Gasteiger partial charge >= 0.3 is 5.97 Å². The zero-order valence-electron chi connectivity index (χ0n) is 17.5. The van der Waals surface area contributed by atoms with E-state index in [4.69, 9.17) is 21.4 Å². The number of para-hydroxylation sites is 1. The highest BCUT2D eigenvalue weighted by molar-refractivity contribution is 8.18. The number of amides is 2. The lowest BCUT2D eigenvalue weighted by atomic mass is 10.1. The molecule has 0 aromatic heterocycles. The summed E-state index contributed by atoms with van der Waals surface area (Å²) in [4.78, 5) is 37.5. The zero-order valence-corrected chi connectivity index (χ0v) is 19.1. The summed E-state index contributed by atoms with van der Waals surface area (Å²) in [5.41, 5.74) is 1.60.